The van der Waals surface area contributed by atoms with Crippen molar-refractivity contribution < 1.29 is 14.3 Å². The molecule has 0 aromatic heterocycles. The van der Waals surface area contributed by atoms with Crippen molar-refractivity contribution in [2.45, 2.75) is 38.1 Å². The van der Waals surface area contributed by atoms with Gasteiger partial charge >= 0.3 is 0 Å². The highest BCUT2D eigenvalue weighted by Gasteiger charge is 2.58. The highest BCUT2D eigenvalue weighted by atomic mass is 16.6. The highest BCUT2D eigenvalue weighted by molar-refractivity contribution is 5.86. The minimum atomic E-state index is -0.650. The summed E-state index contributed by atoms with van der Waals surface area (Å²) < 4.78 is 10.7. The van der Waals surface area contributed by atoms with E-state index in [1.165, 1.54) is 0 Å². The van der Waals surface area contributed by atoms with Crippen molar-refractivity contribution in [1.29, 1.82) is 0 Å². The molecule has 0 aromatic rings. The van der Waals surface area contributed by atoms with Crippen LogP contribution in [0.4, 0.5) is 0 Å². The molecule has 0 N–H and O–H groups in total. The molecule has 0 saturated carbocycles. The Morgan fingerprint density at radius 3 is 2.91 bits per heavy atom. The van der Waals surface area contributed by atoms with Crippen LogP contribution in [-0.2, 0) is 14.3 Å². The summed E-state index contributed by atoms with van der Waals surface area (Å²) in [4.78, 5) is 11.2. The zero-order valence-electron chi connectivity index (χ0n) is 6.79. The van der Waals surface area contributed by atoms with Gasteiger partial charge in [-0.05, 0) is 20.3 Å². The molecule has 0 amide bonds. The Morgan fingerprint density at radius 1 is 1.64 bits per heavy atom. The lowest BCUT2D eigenvalue weighted by molar-refractivity contribution is -0.144. The van der Waals surface area contributed by atoms with Gasteiger partial charge in [-0.25, -0.2) is 0 Å². The van der Waals surface area contributed by atoms with E-state index in [9.17, 15) is 4.79 Å². The second-order valence-electron chi connectivity index (χ2n) is 3.40. The molecule has 3 atom stereocenters. The van der Waals surface area contributed by atoms with Gasteiger partial charge in [-0.1, -0.05) is 0 Å². The summed E-state index contributed by atoms with van der Waals surface area (Å²) in [6, 6.07) is 0. The topological polar surface area (TPSA) is 38.8 Å². The molecule has 62 valence electrons. The molecule has 0 aromatic carbocycles. The molecule has 3 nitrogen and oxygen atoms in total. The minimum absolute atomic E-state index is 0.0359. The molecule has 0 spiro atoms. The number of hydrogen-bond acceptors (Lipinski definition) is 3. The van der Waals surface area contributed by atoms with Gasteiger partial charge in [0.1, 0.15) is 6.10 Å². The fraction of sp³-hybridized carbons (Fsp3) is 0.875. The first-order valence-corrected chi connectivity index (χ1v) is 3.95. The number of fused-ring (bicyclic) bond motifs is 1. The van der Waals surface area contributed by atoms with Crippen molar-refractivity contribution >= 4 is 5.78 Å². The smallest absolute Gasteiger partial charge is 0.164 e. The van der Waals surface area contributed by atoms with Crippen molar-refractivity contribution in [3.05, 3.63) is 0 Å². The van der Waals surface area contributed by atoms with E-state index in [1.54, 1.807) is 6.92 Å². The molecule has 0 radical (unpaired) electrons. The van der Waals surface area contributed by atoms with Crippen LogP contribution < -0.4 is 0 Å². The van der Waals surface area contributed by atoms with E-state index in [1.807, 2.05) is 6.92 Å². The van der Waals surface area contributed by atoms with Crippen LogP contribution in [0.5, 0.6) is 0 Å². The number of carbonyl (C=O) groups excluding carboxylic acids is 1. The Kier molecular flexibility index (Phi) is 1.35. The van der Waals surface area contributed by atoms with Gasteiger partial charge in [0, 0.05) is 0 Å². The zero-order valence-corrected chi connectivity index (χ0v) is 6.79. The Balaban J connectivity index is 2.17. The minimum Gasteiger partial charge on any atom is -0.366 e. The zero-order chi connectivity index (χ0) is 8.06. The van der Waals surface area contributed by atoms with Crippen LogP contribution in [0.3, 0.4) is 0 Å². The van der Waals surface area contributed by atoms with Crippen molar-refractivity contribution in [2.75, 3.05) is 6.61 Å². The van der Waals surface area contributed by atoms with E-state index in [0.29, 0.717) is 6.61 Å². The quantitative estimate of drug-likeness (QED) is 0.519. The lowest BCUT2D eigenvalue weighted by Gasteiger charge is -2.28. The number of epoxide rings is 1. The van der Waals surface area contributed by atoms with Crippen molar-refractivity contribution in [3.63, 3.8) is 0 Å². The molecule has 3 heteroatoms. The van der Waals surface area contributed by atoms with Crippen LogP contribution in [-0.4, -0.2) is 30.2 Å². The van der Waals surface area contributed by atoms with Crippen molar-refractivity contribution in [2.24, 2.45) is 0 Å². The van der Waals surface area contributed by atoms with Gasteiger partial charge in [0.2, 0.25) is 0 Å². The summed E-state index contributed by atoms with van der Waals surface area (Å²) >= 11 is 0. The lowest BCUT2D eigenvalue weighted by atomic mass is 9.92. The van der Waals surface area contributed by atoms with Gasteiger partial charge in [-0.3, -0.25) is 4.79 Å². The monoisotopic (exact) mass is 156 g/mol. The highest BCUT2D eigenvalue weighted by Crippen LogP contribution is 2.41. The molecule has 0 aliphatic carbocycles. The summed E-state index contributed by atoms with van der Waals surface area (Å²) in [6.45, 7) is 4.03. The van der Waals surface area contributed by atoms with Gasteiger partial charge in [-0.2, -0.15) is 0 Å². The number of ether oxygens (including phenoxy) is 2. The number of Topliss-reactive ketones (excluding diaryl/α,β-unsaturated/α-hetero) is 1. The number of rotatable bonds is 1. The Bertz CT molecular complexity index is 202. The van der Waals surface area contributed by atoms with Crippen LogP contribution in [0.25, 0.3) is 0 Å². The molecule has 0 bridgehead atoms. The van der Waals surface area contributed by atoms with Crippen LogP contribution in [0.15, 0.2) is 0 Å². The van der Waals surface area contributed by atoms with Gasteiger partial charge < -0.3 is 9.47 Å². The Morgan fingerprint density at radius 2 is 2.36 bits per heavy atom. The molecule has 2 fully saturated rings. The predicted molar refractivity (Wildman–Crippen MR) is 38.3 cm³/mol. The standard InChI is InChI=1S/C8H12O3/c1-5(9)8(2)7-6(11-7)3-4-10-8/h6-7H,3-4H2,1-2H3. The van der Waals surface area contributed by atoms with E-state index in [-0.39, 0.29) is 18.0 Å². The third-order valence-electron chi connectivity index (χ3n) is 2.63. The fourth-order valence-corrected chi connectivity index (χ4v) is 1.62. The number of hydrogen-bond donors (Lipinski definition) is 0. The molecular formula is C8H12O3. The SMILES string of the molecule is CC(=O)C1(C)OCCC2OC21. The molecule has 2 saturated heterocycles. The second kappa shape index (κ2) is 2.05. The van der Waals surface area contributed by atoms with Crippen LogP contribution in [0.1, 0.15) is 20.3 Å². The predicted octanol–water partition coefficient (Wildman–Crippen LogP) is 0.522. The molecule has 3 unspecified atom stereocenters. The largest absolute Gasteiger partial charge is 0.366 e. The van der Waals surface area contributed by atoms with E-state index in [2.05, 4.69) is 0 Å². The fourth-order valence-electron chi connectivity index (χ4n) is 1.62. The van der Waals surface area contributed by atoms with Crippen molar-refractivity contribution in [3.8, 4) is 0 Å². The van der Waals surface area contributed by atoms with Crippen LogP contribution in [0, 0.1) is 0 Å². The van der Waals surface area contributed by atoms with Gasteiger partial charge in [-0.15, -0.1) is 0 Å². The first-order chi connectivity index (χ1) is 5.14. The van der Waals surface area contributed by atoms with Crippen LogP contribution >= 0.6 is 0 Å². The Hall–Kier alpha value is -0.410. The first kappa shape index (κ1) is 7.25. The average molecular weight is 156 g/mol. The third kappa shape index (κ3) is 0.914. The van der Waals surface area contributed by atoms with Gasteiger partial charge in [0.05, 0.1) is 12.7 Å². The summed E-state index contributed by atoms with van der Waals surface area (Å²) in [7, 11) is 0. The maximum absolute atomic E-state index is 11.2. The lowest BCUT2D eigenvalue weighted by Crippen LogP contribution is -2.46. The van der Waals surface area contributed by atoms with E-state index >= 15 is 0 Å². The summed E-state index contributed by atoms with van der Waals surface area (Å²) in [5.74, 6) is 0.0738. The molecule has 2 heterocycles. The van der Waals surface area contributed by atoms with Crippen molar-refractivity contribution in [1.82, 2.24) is 0 Å². The van der Waals surface area contributed by atoms with Crippen LogP contribution in [0.2, 0.25) is 0 Å². The Labute approximate surface area is 65.7 Å². The molecule has 2 aliphatic rings. The first-order valence-electron chi connectivity index (χ1n) is 3.95. The normalized spacial score (nSPS) is 48.2. The maximum atomic E-state index is 11.2. The molecular weight excluding hydrogens is 144 g/mol. The molecule has 2 aliphatic heterocycles. The van der Waals surface area contributed by atoms with Gasteiger partial charge in [0.15, 0.2) is 11.4 Å². The van der Waals surface area contributed by atoms with E-state index in [0.717, 1.165) is 6.42 Å². The molecule has 11 heavy (non-hydrogen) atoms. The maximum Gasteiger partial charge on any atom is 0.164 e. The average Bonchev–Trinajstić information content (AvgIpc) is 2.67. The van der Waals surface area contributed by atoms with E-state index < -0.39 is 5.60 Å². The summed E-state index contributed by atoms with van der Waals surface area (Å²) in [5, 5.41) is 0. The third-order valence-corrected chi connectivity index (χ3v) is 2.63. The number of ketones is 1. The summed E-state index contributed by atoms with van der Waals surface area (Å²) in [6.07, 6.45) is 1.26. The molecule has 2 rings (SSSR count). The van der Waals surface area contributed by atoms with E-state index in [4.69, 9.17) is 9.47 Å². The second-order valence-corrected chi connectivity index (χ2v) is 3.40. The summed E-state index contributed by atoms with van der Waals surface area (Å²) in [5.41, 5.74) is -0.650. The number of carbonyl (C=O) groups is 1. The van der Waals surface area contributed by atoms with Gasteiger partial charge in [0.25, 0.3) is 0 Å².